The van der Waals surface area contributed by atoms with Crippen LogP contribution in [0, 0.1) is 0 Å². The molecule has 2 aromatic heterocycles. The smallest absolute Gasteiger partial charge is 0.108 e. The summed E-state index contributed by atoms with van der Waals surface area (Å²) in [6.07, 6.45) is 4.56. The second kappa shape index (κ2) is 6.91. The molecule has 5 aromatic rings. The van der Waals surface area contributed by atoms with Gasteiger partial charge in [-0.25, -0.2) is 4.98 Å². The second-order valence-corrected chi connectivity index (χ2v) is 6.87. The van der Waals surface area contributed by atoms with Crippen LogP contribution < -0.4 is 5.73 Å². The first-order valence-electron chi connectivity index (χ1n) is 9.45. The fraction of sp³-hybridized carbons (Fsp3) is 0.0833. The molecule has 0 amide bonds. The van der Waals surface area contributed by atoms with E-state index in [9.17, 15) is 0 Å². The SMILES string of the molecule is NCCc1ccccc1-n1cnc2cnc3ccc(-c4ccccc4)cc3c21. The summed E-state index contributed by atoms with van der Waals surface area (Å²) in [4.78, 5) is 9.23. The number of nitrogens with zero attached hydrogens (tertiary/aromatic N) is 3. The number of nitrogens with two attached hydrogens (primary N) is 1. The van der Waals surface area contributed by atoms with Crippen LogP contribution in [-0.2, 0) is 6.42 Å². The Labute approximate surface area is 163 Å². The van der Waals surface area contributed by atoms with Crippen molar-refractivity contribution in [2.45, 2.75) is 6.42 Å². The topological polar surface area (TPSA) is 56.7 Å². The Hall–Kier alpha value is -3.50. The number of hydrogen-bond acceptors (Lipinski definition) is 3. The van der Waals surface area contributed by atoms with Crippen LogP contribution >= 0.6 is 0 Å². The van der Waals surface area contributed by atoms with E-state index >= 15 is 0 Å². The highest BCUT2D eigenvalue weighted by atomic mass is 15.1. The zero-order chi connectivity index (χ0) is 18.9. The molecule has 2 heterocycles. The monoisotopic (exact) mass is 364 g/mol. The van der Waals surface area contributed by atoms with E-state index in [-0.39, 0.29) is 0 Å². The lowest BCUT2D eigenvalue weighted by atomic mass is 10.0. The van der Waals surface area contributed by atoms with Gasteiger partial charge in [0.25, 0.3) is 0 Å². The maximum atomic E-state index is 5.84. The van der Waals surface area contributed by atoms with Crippen molar-refractivity contribution < 1.29 is 0 Å². The van der Waals surface area contributed by atoms with E-state index in [1.807, 2.05) is 18.6 Å². The quantitative estimate of drug-likeness (QED) is 0.501. The molecule has 2 N–H and O–H groups in total. The Bertz CT molecular complexity index is 1270. The zero-order valence-corrected chi connectivity index (χ0v) is 15.4. The molecule has 3 aromatic carbocycles. The van der Waals surface area contributed by atoms with Gasteiger partial charge in [-0.1, -0.05) is 54.6 Å². The first-order valence-corrected chi connectivity index (χ1v) is 9.45. The van der Waals surface area contributed by atoms with Crippen molar-refractivity contribution in [3.8, 4) is 16.8 Å². The van der Waals surface area contributed by atoms with Gasteiger partial charge < -0.3 is 5.73 Å². The number of aromatic nitrogens is 3. The van der Waals surface area contributed by atoms with Crippen LogP contribution in [0.4, 0.5) is 0 Å². The van der Waals surface area contributed by atoms with Gasteiger partial charge in [-0.15, -0.1) is 0 Å². The fourth-order valence-electron chi connectivity index (χ4n) is 3.80. The van der Waals surface area contributed by atoms with Gasteiger partial charge >= 0.3 is 0 Å². The fourth-order valence-corrected chi connectivity index (χ4v) is 3.80. The van der Waals surface area contributed by atoms with Crippen molar-refractivity contribution in [1.82, 2.24) is 14.5 Å². The zero-order valence-electron chi connectivity index (χ0n) is 15.4. The molecule has 0 bridgehead atoms. The first kappa shape index (κ1) is 16.7. The van der Waals surface area contributed by atoms with Crippen LogP contribution in [0.5, 0.6) is 0 Å². The van der Waals surface area contributed by atoms with Crippen molar-refractivity contribution >= 4 is 21.9 Å². The highest BCUT2D eigenvalue weighted by Gasteiger charge is 2.13. The number of benzene rings is 3. The van der Waals surface area contributed by atoms with E-state index in [2.05, 4.69) is 81.3 Å². The number of fused-ring (bicyclic) bond motifs is 3. The molecule has 4 nitrogen and oxygen atoms in total. The lowest BCUT2D eigenvalue weighted by Gasteiger charge is -2.12. The molecule has 136 valence electrons. The summed E-state index contributed by atoms with van der Waals surface area (Å²) >= 11 is 0. The molecule has 5 rings (SSSR count). The third-order valence-corrected chi connectivity index (χ3v) is 5.15. The van der Waals surface area contributed by atoms with Crippen molar-refractivity contribution in [3.05, 3.63) is 90.9 Å². The average Bonchev–Trinajstić information content (AvgIpc) is 3.19. The molecular formula is C24H20N4. The summed E-state index contributed by atoms with van der Waals surface area (Å²) in [6.45, 7) is 0.615. The van der Waals surface area contributed by atoms with Gasteiger partial charge in [0.2, 0.25) is 0 Å². The molecular weight excluding hydrogens is 344 g/mol. The minimum atomic E-state index is 0.615. The lowest BCUT2D eigenvalue weighted by molar-refractivity contribution is 0.942. The normalized spacial score (nSPS) is 11.3. The summed E-state index contributed by atoms with van der Waals surface area (Å²) in [6, 6.07) is 25.2. The third kappa shape index (κ3) is 2.75. The standard InChI is InChI=1S/C24H20N4/c25-13-12-18-8-4-5-9-23(18)28-16-27-22-15-26-21-11-10-19(14-20(21)24(22)28)17-6-2-1-3-7-17/h1-11,14-16H,12-13,25H2. The predicted octanol–water partition coefficient (Wildman–Crippen LogP) is 4.74. The van der Waals surface area contributed by atoms with Crippen LogP contribution in [0.25, 0.3) is 38.8 Å². The van der Waals surface area contributed by atoms with E-state index < -0.39 is 0 Å². The summed E-state index contributed by atoms with van der Waals surface area (Å²) in [5.41, 5.74) is 13.5. The maximum Gasteiger partial charge on any atom is 0.108 e. The van der Waals surface area contributed by atoms with Crippen molar-refractivity contribution in [1.29, 1.82) is 0 Å². The Kier molecular flexibility index (Phi) is 4.11. The summed E-state index contributed by atoms with van der Waals surface area (Å²) in [7, 11) is 0. The molecule has 0 fully saturated rings. The van der Waals surface area contributed by atoms with E-state index in [1.54, 1.807) is 0 Å². The Balaban J connectivity index is 1.79. The highest BCUT2D eigenvalue weighted by molar-refractivity contribution is 6.04. The van der Waals surface area contributed by atoms with E-state index in [4.69, 9.17) is 5.73 Å². The molecule has 0 saturated heterocycles. The van der Waals surface area contributed by atoms with Gasteiger partial charge in [-0.2, -0.15) is 0 Å². The molecule has 28 heavy (non-hydrogen) atoms. The molecule has 0 saturated carbocycles. The van der Waals surface area contributed by atoms with Crippen LogP contribution in [0.2, 0.25) is 0 Å². The Morgan fingerprint density at radius 3 is 2.46 bits per heavy atom. The predicted molar refractivity (Wildman–Crippen MR) is 115 cm³/mol. The van der Waals surface area contributed by atoms with Gasteiger partial charge in [0.05, 0.1) is 22.9 Å². The lowest BCUT2D eigenvalue weighted by Crippen LogP contribution is -2.06. The molecule has 4 heteroatoms. The number of pyridine rings is 1. The van der Waals surface area contributed by atoms with Crippen LogP contribution in [0.3, 0.4) is 0 Å². The second-order valence-electron chi connectivity index (χ2n) is 6.87. The van der Waals surface area contributed by atoms with Crippen LogP contribution in [0.15, 0.2) is 85.3 Å². The van der Waals surface area contributed by atoms with E-state index in [0.29, 0.717) is 6.54 Å². The maximum absolute atomic E-state index is 5.84. The first-order chi connectivity index (χ1) is 13.8. The highest BCUT2D eigenvalue weighted by Crippen LogP contribution is 2.30. The van der Waals surface area contributed by atoms with Crippen molar-refractivity contribution in [3.63, 3.8) is 0 Å². The minimum absolute atomic E-state index is 0.615. The van der Waals surface area contributed by atoms with E-state index in [0.717, 1.165) is 34.0 Å². The molecule has 0 spiro atoms. The minimum Gasteiger partial charge on any atom is -0.330 e. The van der Waals surface area contributed by atoms with Gasteiger partial charge in [-0.05, 0) is 47.9 Å². The molecule has 0 unspecified atom stereocenters. The summed E-state index contributed by atoms with van der Waals surface area (Å²) in [5.74, 6) is 0. The van der Waals surface area contributed by atoms with Crippen LogP contribution in [-0.4, -0.2) is 21.1 Å². The molecule has 0 aliphatic rings. The number of hydrogen-bond donors (Lipinski definition) is 1. The Morgan fingerprint density at radius 2 is 1.61 bits per heavy atom. The summed E-state index contributed by atoms with van der Waals surface area (Å²) in [5, 5.41) is 1.10. The van der Waals surface area contributed by atoms with Gasteiger partial charge in [-0.3, -0.25) is 9.55 Å². The van der Waals surface area contributed by atoms with E-state index in [1.165, 1.54) is 16.7 Å². The van der Waals surface area contributed by atoms with Crippen molar-refractivity contribution in [2.75, 3.05) is 6.54 Å². The molecule has 0 aliphatic carbocycles. The van der Waals surface area contributed by atoms with Gasteiger partial charge in [0.15, 0.2) is 0 Å². The number of rotatable bonds is 4. The molecule has 0 aliphatic heterocycles. The molecule has 0 atom stereocenters. The number of para-hydroxylation sites is 1. The number of imidazole rings is 1. The van der Waals surface area contributed by atoms with Crippen molar-refractivity contribution in [2.24, 2.45) is 5.73 Å². The molecule has 0 radical (unpaired) electrons. The average molecular weight is 364 g/mol. The largest absolute Gasteiger partial charge is 0.330 e. The summed E-state index contributed by atoms with van der Waals surface area (Å²) < 4.78 is 2.17. The Morgan fingerprint density at radius 1 is 0.786 bits per heavy atom. The third-order valence-electron chi connectivity index (χ3n) is 5.15. The van der Waals surface area contributed by atoms with Gasteiger partial charge in [0.1, 0.15) is 11.8 Å². The van der Waals surface area contributed by atoms with Gasteiger partial charge in [0, 0.05) is 5.39 Å². The van der Waals surface area contributed by atoms with Crippen LogP contribution in [0.1, 0.15) is 5.56 Å².